The van der Waals surface area contributed by atoms with Crippen LogP contribution in [0.1, 0.15) is 49.3 Å². The van der Waals surface area contributed by atoms with E-state index in [4.69, 9.17) is 9.84 Å². The van der Waals surface area contributed by atoms with Crippen LogP contribution in [0.25, 0.3) is 0 Å². The Hall–Kier alpha value is -1.43. The summed E-state index contributed by atoms with van der Waals surface area (Å²) < 4.78 is 7.42. The summed E-state index contributed by atoms with van der Waals surface area (Å²) in [4.78, 5) is 11.1. The summed E-state index contributed by atoms with van der Waals surface area (Å²) in [7, 11) is 0. The second-order valence-corrected chi connectivity index (χ2v) is 4.77. The van der Waals surface area contributed by atoms with E-state index in [1.165, 1.54) is 0 Å². The van der Waals surface area contributed by atoms with Crippen molar-refractivity contribution in [3.05, 3.63) is 11.4 Å². The molecule has 1 aromatic heterocycles. The average molecular weight is 253 g/mol. The predicted molar refractivity (Wildman–Crippen MR) is 64.5 cm³/mol. The number of aromatic nitrogens is 3. The van der Waals surface area contributed by atoms with Crippen LogP contribution in [-0.4, -0.2) is 38.3 Å². The summed E-state index contributed by atoms with van der Waals surface area (Å²) in [6.07, 6.45) is 4.00. The summed E-state index contributed by atoms with van der Waals surface area (Å²) in [5.41, 5.74) is 0.774. The standard InChI is InChI=1S/C12H19N3O3/c1-3-4-10-11(12(16)17)13-14-15(10)7-9-6-5-8(2)18-9/h8-9H,3-7H2,1-2H3,(H,16,17). The molecular weight excluding hydrogens is 234 g/mol. The normalized spacial score (nSPS) is 23.4. The lowest BCUT2D eigenvalue weighted by Crippen LogP contribution is -2.19. The molecule has 1 aliphatic heterocycles. The van der Waals surface area contributed by atoms with Gasteiger partial charge in [0, 0.05) is 0 Å². The Kier molecular flexibility index (Phi) is 3.96. The minimum atomic E-state index is -1.01. The maximum atomic E-state index is 11.1. The van der Waals surface area contributed by atoms with Gasteiger partial charge in [0.05, 0.1) is 24.4 Å². The SMILES string of the molecule is CCCc1c(C(=O)O)nnn1CC1CCC(C)O1. The highest BCUT2D eigenvalue weighted by atomic mass is 16.5. The number of hydrogen-bond donors (Lipinski definition) is 1. The molecule has 1 aromatic rings. The van der Waals surface area contributed by atoms with Gasteiger partial charge in [0.1, 0.15) is 0 Å². The second-order valence-electron chi connectivity index (χ2n) is 4.77. The summed E-state index contributed by atoms with van der Waals surface area (Å²) >= 11 is 0. The zero-order valence-electron chi connectivity index (χ0n) is 10.8. The molecule has 18 heavy (non-hydrogen) atoms. The fourth-order valence-electron chi connectivity index (χ4n) is 2.34. The maximum absolute atomic E-state index is 11.1. The Labute approximate surface area is 106 Å². The molecule has 1 saturated heterocycles. The van der Waals surface area contributed by atoms with E-state index in [2.05, 4.69) is 17.2 Å². The number of carbonyl (C=O) groups is 1. The molecule has 1 N–H and O–H groups in total. The molecule has 1 fully saturated rings. The van der Waals surface area contributed by atoms with Crippen molar-refractivity contribution in [3.63, 3.8) is 0 Å². The van der Waals surface area contributed by atoms with E-state index in [0.717, 1.165) is 19.3 Å². The highest BCUT2D eigenvalue weighted by Gasteiger charge is 2.25. The number of nitrogens with zero attached hydrogens (tertiary/aromatic N) is 3. The van der Waals surface area contributed by atoms with Crippen molar-refractivity contribution in [1.29, 1.82) is 0 Å². The lowest BCUT2D eigenvalue weighted by atomic mass is 10.2. The second kappa shape index (κ2) is 5.48. The lowest BCUT2D eigenvalue weighted by molar-refractivity contribution is 0.0428. The van der Waals surface area contributed by atoms with Crippen LogP contribution in [0.2, 0.25) is 0 Å². The minimum Gasteiger partial charge on any atom is -0.476 e. The molecule has 100 valence electrons. The first kappa shape index (κ1) is 13.0. The first-order chi connectivity index (χ1) is 8.61. The highest BCUT2D eigenvalue weighted by molar-refractivity contribution is 5.86. The molecule has 1 aliphatic rings. The Bertz CT molecular complexity index is 430. The van der Waals surface area contributed by atoms with Crippen LogP contribution in [0.15, 0.2) is 0 Å². The number of ether oxygens (including phenoxy) is 1. The number of hydrogen-bond acceptors (Lipinski definition) is 4. The molecule has 0 aliphatic carbocycles. The van der Waals surface area contributed by atoms with Gasteiger partial charge in [-0.25, -0.2) is 9.48 Å². The molecular formula is C12H19N3O3. The Balaban J connectivity index is 2.14. The van der Waals surface area contributed by atoms with Crippen molar-refractivity contribution in [2.75, 3.05) is 0 Å². The van der Waals surface area contributed by atoms with Gasteiger partial charge >= 0.3 is 5.97 Å². The predicted octanol–water partition coefficient (Wildman–Crippen LogP) is 1.50. The van der Waals surface area contributed by atoms with Crippen molar-refractivity contribution >= 4 is 5.97 Å². The van der Waals surface area contributed by atoms with Gasteiger partial charge in [0.25, 0.3) is 0 Å². The van der Waals surface area contributed by atoms with E-state index < -0.39 is 5.97 Å². The summed E-state index contributed by atoms with van der Waals surface area (Å²) in [6, 6.07) is 0. The van der Waals surface area contributed by atoms with Crippen molar-refractivity contribution in [1.82, 2.24) is 15.0 Å². The zero-order chi connectivity index (χ0) is 13.1. The quantitative estimate of drug-likeness (QED) is 0.860. The topological polar surface area (TPSA) is 77.2 Å². The molecule has 2 heterocycles. The average Bonchev–Trinajstić information content (AvgIpc) is 2.88. The van der Waals surface area contributed by atoms with Crippen LogP contribution in [0.5, 0.6) is 0 Å². The van der Waals surface area contributed by atoms with Crippen LogP contribution < -0.4 is 0 Å². The number of rotatable bonds is 5. The van der Waals surface area contributed by atoms with Crippen molar-refractivity contribution < 1.29 is 14.6 Å². The van der Waals surface area contributed by atoms with Crippen molar-refractivity contribution in [3.8, 4) is 0 Å². The third-order valence-corrected chi connectivity index (χ3v) is 3.22. The van der Waals surface area contributed by atoms with Crippen molar-refractivity contribution in [2.45, 2.75) is 58.3 Å². The molecule has 0 radical (unpaired) electrons. The van der Waals surface area contributed by atoms with Gasteiger partial charge in [0.2, 0.25) is 0 Å². The Morgan fingerprint density at radius 3 is 2.89 bits per heavy atom. The van der Waals surface area contributed by atoms with Gasteiger partial charge in [-0.05, 0) is 26.2 Å². The lowest BCUT2D eigenvalue weighted by Gasteiger charge is -2.12. The van der Waals surface area contributed by atoms with E-state index in [1.54, 1.807) is 4.68 Å². The third-order valence-electron chi connectivity index (χ3n) is 3.22. The van der Waals surface area contributed by atoms with E-state index in [0.29, 0.717) is 18.7 Å². The van der Waals surface area contributed by atoms with Crippen LogP contribution in [0.4, 0.5) is 0 Å². The molecule has 2 rings (SSSR count). The Morgan fingerprint density at radius 2 is 2.33 bits per heavy atom. The summed E-state index contributed by atoms with van der Waals surface area (Å²) in [5.74, 6) is -1.01. The summed E-state index contributed by atoms with van der Waals surface area (Å²) in [6.45, 7) is 4.66. The fourth-order valence-corrected chi connectivity index (χ4v) is 2.34. The highest BCUT2D eigenvalue weighted by Crippen LogP contribution is 2.21. The molecule has 6 nitrogen and oxygen atoms in total. The molecule has 2 atom stereocenters. The smallest absolute Gasteiger partial charge is 0.358 e. The zero-order valence-corrected chi connectivity index (χ0v) is 10.8. The van der Waals surface area contributed by atoms with Crippen LogP contribution in [0.3, 0.4) is 0 Å². The number of carboxylic acids is 1. The molecule has 2 unspecified atom stereocenters. The Morgan fingerprint density at radius 1 is 1.56 bits per heavy atom. The molecule has 6 heteroatoms. The van der Waals surface area contributed by atoms with E-state index in [9.17, 15) is 4.79 Å². The van der Waals surface area contributed by atoms with E-state index in [1.807, 2.05) is 6.92 Å². The molecule has 0 saturated carbocycles. The summed E-state index contributed by atoms with van der Waals surface area (Å²) in [5, 5.41) is 16.8. The van der Waals surface area contributed by atoms with Crippen molar-refractivity contribution in [2.24, 2.45) is 0 Å². The monoisotopic (exact) mass is 253 g/mol. The number of aromatic carboxylic acids is 1. The van der Waals surface area contributed by atoms with Gasteiger partial charge in [-0.2, -0.15) is 0 Å². The fraction of sp³-hybridized carbons (Fsp3) is 0.750. The first-order valence-corrected chi connectivity index (χ1v) is 6.43. The molecule has 0 aromatic carbocycles. The van der Waals surface area contributed by atoms with Gasteiger partial charge in [-0.3, -0.25) is 0 Å². The van der Waals surface area contributed by atoms with E-state index >= 15 is 0 Å². The van der Waals surface area contributed by atoms with Gasteiger partial charge in [0.15, 0.2) is 5.69 Å². The van der Waals surface area contributed by atoms with Crippen LogP contribution in [0, 0.1) is 0 Å². The van der Waals surface area contributed by atoms with Gasteiger partial charge < -0.3 is 9.84 Å². The molecule has 0 bridgehead atoms. The van der Waals surface area contributed by atoms with Gasteiger partial charge in [-0.1, -0.05) is 18.6 Å². The van der Waals surface area contributed by atoms with E-state index in [-0.39, 0.29) is 17.9 Å². The minimum absolute atomic E-state index is 0.0721. The van der Waals surface area contributed by atoms with Crippen LogP contribution in [-0.2, 0) is 17.7 Å². The molecule has 0 spiro atoms. The maximum Gasteiger partial charge on any atom is 0.358 e. The van der Waals surface area contributed by atoms with Gasteiger partial charge in [-0.15, -0.1) is 5.10 Å². The first-order valence-electron chi connectivity index (χ1n) is 6.43. The van der Waals surface area contributed by atoms with Crippen LogP contribution >= 0.6 is 0 Å². The number of carboxylic acid groups (broad SMARTS) is 1. The third kappa shape index (κ3) is 2.69. The molecule has 0 amide bonds. The largest absolute Gasteiger partial charge is 0.476 e.